The molecule has 0 saturated carbocycles. The summed E-state index contributed by atoms with van der Waals surface area (Å²) in [5, 5.41) is 0. The predicted octanol–water partition coefficient (Wildman–Crippen LogP) is 13.4. The van der Waals surface area contributed by atoms with Crippen molar-refractivity contribution in [3.05, 3.63) is 94.8 Å². The lowest BCUT2D eigenvalue weighted by Crippen LogP contribution is -1.84. The van der Waals surface area contributed by atoms with Gasteiger partial charge in [0.2, 0.25) is 0 Å². The Hall–Kier alpha value is -0.1000. The second-order valence-corrected chi connectivity index (χ2v) is 21.0. The van der Waals surface area contributed by atoms with Crippen LogP contribution in [0.3, 0.4) is 0 Å². The molecule has 7 rings (SSSR count). The number of fused-ring (bicyclic) bond motifs is 7. The molecule has 2 aliphatic carbocycles. The monoisotopic (exact) mass is 700 g/mol. The van der Waals surface area contributed by atoms with Crippen LogP contribution in [0.15, 0.2) is 74.0 Å². The Morgan fingerprint density at radius 3 is 1.10 bits per heavy atom. The van der Waals surface area contributed by atoms with E-state index in [0.717, 1.165) is 23.0 Å². The van der Waals surface area contributed by atoms with E-state index in [2.05, 4.69) is 76.2 Å². The predicted molar refractivity (Wildman–Crippen MR) is 204 cm³/mol. The second-order valence-electron chi connectivity index (χ2n) is 9.22. The van der Waals surface area contributed by atoms with E-state index in [0.29, 0.717) is 0 Å². The number of thiophene rings is 1. The first kappa shape index (κ1) is 29.6. The first-order chi connectivity index (χ1) is 20.2. The van der Waals surface area contributed by atoms with Gasteiger partial charge in [0.1, 0.15) is 0 Å². The van der Waals surface area contributed by atoms with Crippen molar-refractivity contribution in [2.75, 3.05) is 23.0 Å². The zero-order valence-corrected chi connectivity index (χ0v) is 30.5. The van der Waals surface area contributed by atoms with E-state index in [1.807, 2.05) is 105 Å². The van der Waals surface area contributed by atoms with Gasteiger partial charge in [-0.25, -0.2) is 0 Å². The molecule has 1 aromatic heterocycles. The minimum atomic E-state index is 1.11. The molecule has 3 aromatic rings. The maximum absolute atomic E-state index is 2.36. The molecule has 0 N–H and O–H groups in total. The Labute approximate surface area is 281 Å². The molecule has 3 heterocycles. The molecule has 41 heavy (non-hydrogen) atoms. The third-order valence-corrected chi connectivity index (χ3v) is 18.7. The van der Waals surface area contributed by atoms with Gasteiger partial charge in [-0.3, -0.25) is 0 Å². The Bertz CT molecular complexity index is 1520. The number of thioether (sulfide) groups is 8. The van der Waals surface area contributed by atoms with Crippen LogP contribution in [0.1, 0.15) is 48.6 Å². The highest BCUT2D eigenvalue weighted by Crippen LogP contribution is 2.68. The van der Waals surface area contributed by atoms with Crippen molar-refractivity contribution in [3.8, 4) is 22.3 Å². The molecule has 0 amide bonds. The van der Waals surface area contributed by atoms with Crippen molar-refractivity contribution < 1.29 is 0 Å². The molecule has 0 spiro atoms. The molecule has 0 nitrogen and oxygen atoms in total. The maximum atomic E-state index is 2.36. The lowest BCUT2D eigenvalue weighted by atomic mass is 9.99. The second kappa shape index (κ2) is 12.7. The summed E-state index contributed by atoms with van der Waals surface area (Å²) in [6.45, 7) is 9.07. The standard InChI is InChI=1S/C32H28S9/c1-5-33-29-30(34-6-2)39-27(38-29)23-19-15-11-9-13-17(19)21-22-18-14-10-12-16-20(18)24(26(22)37-25(21)23)28-40-31(35-7-3)32(41-28)36-8-4/h9-16H,5-8H2,1-4H3. The fourth-order valence-corrected chi connectivity index (χ4v) is 18.7. The number of hydrogen-bond acceptors (Lipinski definition) is 9. The highest BCUT2D eigenvalue weighted by atomic mass is 32.3. The van der Waals surface area contributed by atoms with Crippen LogP contribution in [0.4, 0.5) is 0 Å². The highest BCUT2D eigenvalue weighted by molar-refractivity contribution is 8.41. The molecule has 4 aliphatic rings. The quantitative estimate of drug-likeness (QED) is 0.155. The van der Waals surface area contributed by atoms with Crippen LogP contribution in [-0.2, 0) is 0 Å². The molecule has 0 atom stereocenters. The van der Waals surface area contributed by atoms with Gasteiger partial charge in [0.25, 0.3) is 0 Å². The Morgan fingerprint density at radius 2 is 0.780 bits per heavy atom. The Kier molecular flexibility index (Phi) is 9.18. The third-order valence-electron chi connectivity index (χ3n) is 6.88. The zero-order chi connectivity index (χ0) is 28.1. The largest absolute Gasteiger partial charge is 0.134 e. The lowest BCUT2D eigenvalue weighted by molar-refractivity contribution is 1.53. The van der Waals surface area contributed by atoms with E-state index in [1.165, 1.54) is 79.7 Å². The van der Waals surface area contributed by atoms with Gasteiger partial charge in [-0.1, -0.05) is 123 Å². The van der Waals surface area contributed by atoms with Crippen molar-refractivity contribution >= 4 is 117 Å². The summed E-state index contributed by atoms with van der Waals surface area (Å²) < 4.78 is 8.87. The van der Waals surface area contributed by atoms with E-state index in [4.69, 9.17) is 0 Å². The normalized spacial score (nSPS) is 17.3. The summed E-state index contributed by atoms with van der Waals surface area (Å²) >= 11 is 18.1. The molecule has 0 fully saturated rings. The van der Waals surface area contributed by atoms with Crippen LogP contribution >= 0.6 is 105 Å². The van der Waals surface area contributed by atoms with E-state index in [-0.39, 0.29) is 0 Å². The van der Waals surface area contributed by atoms with Gasteiger partial charge in [-0.2, -0.15) is 0 Å². The van der Waals surface area contributed by atoms with Gasteiger partial charge in [-0.15, -0.1) is 58.4 Å². The van der Waals surface area contributed by atoms with Gasteiger partial charge in [0, 0.05) is 32.0 Å². The molecule has 2 aromatic carbocycles. The van der Waals surface area contributed by atoms with E-state index in [9.17, 15) is 0 Å². The first-order valence-electron chi connectivity index (χ1n) is 13.7. The van der Waals surface area contributed by atoms with E-state index < -0.39 is 0 Å². The average Bonchev–Trinajstić information content (AvgIpc) is 3.76. The summed E-state index contributed by atoms with van der Waals surface area (Å²) in [6, 6.07) is 18.3. The van der Waals surface area contributed by atoms with Crippen molar-refractivity contribution in [2.24, 2.45) is 0 Å². The smallest absolute Gasteiger partial charge is 0.0660 e. The summed E-state index contributed by atoms with van der Waals surface area (Å²) in [6.07, 6.45) is 0. The number of rotatable bonds is 8. The van der Waals surface area contributed by atoms with Crippen molar-refractivity contribution in [3.63, 3.8) is 0 Å². The van der Waals surface area contributed by atoms with Crippen LogP contribution in [0.5, 0.6) is 0 Å². The SMILES string of the molecule is CCSC1=C(SCC)SC(=C2c3ccccc3-c3c2sc2c3-c3ccccc3C2=C2SC(SCC)=C(SCC)S2)S1. The van der Waals surface area contributed by atoms with Crippen molar-refractivity contribution in [2.45, 2.75) is 27.7 Å². The molecule has 0 bridgehead atoms. The summed E-state index contributed by atoms with van der Waals surface area (Å²) in [5.74, 6) is 4.45. The van der Waals surface area contributed by atoms with Crippen molar-refractivity contribution in [1.82, 2.24) is 0 Å². The zero-order valence-electron chi connectivity index (χ0n) is 23.1. The van der Waals surface area contributed by atoms with Crippen LogP contribution in [0.2, 0.25) is 0 Å². The molecule has 210 valence electrons. The summed E-state index contributed by atoms with van der Waals surface area (Å²) in [4.78, 5) is 2.93. The Balaban J connectivity index is 1.42. The lowest BCUT2D eigenvalue weighted by Gasteiger charge is -2.08. The fraction of sp³-hybridized carbons (Fsp3) is 0.250. The average molecular weight is 701 g/mol. The fourth-order valence-electron chi connectivity index (χ4n) is 5.41. The van der Waals surface area contributed by atoms with Gasteiger partial charge in [0.05, 0.1) is 25.4 Å². The minimum Gasteiger partial charge on any atom is -0.134 e. The van der Waals surface area contributed by atoms with Gasteiger partial charge >= 0.3 is 0 Å². The number of hydrogen-bond donors (Lipinski definition) is 0. The third kappa shape index (κ3) is 5.11. The van der Waals surface area contributed by atoms with Crippen LogP contribution in [-0.4, -0.2) is 23.0 Å². The number of benzene rings is 2. The molecule has 9 heteroatoms. The van der Waals surface area contributed by atoms with E-state index in [1.54, 1.807) is 0 Å². The van der Waals surface area contributed by atoms with Gasteiger partial charge in [-0.05, 0) is 45.3 Å². The van der Waals surface area contributed by atoms with Crippen LogP contribution in [0.25, 0.3) is 33.4 Å². The minimum absolute atomic E-state index is 1.11. The Morgan fingerprint density at radius 1 is 0.463 bits per heavy atom. The van der Waals surface area contributed by atoms with Gasteiger partial charge < -0.3 is 0 Å². The van der Waals surface area contributed by atoms with Crippen molar-refractivity contribution in [1.29, 1.82) is 0 Å². The van der Waals surface area contributed by atoms with Crippen LogP contribution < -0.4 is 0 Å². The molecule has 0 saturated heterocycles. The molecular formula is C32H28S9. The first-order valence-corrected chi connectivity index (χ1v) is 21.8. The topological polar surface area (TPSA) is 0 Å². The van der Waals surface area contributed by atoms with Crippen LogP contribution in [0, 0.1) is 0 Å². The maximum Gasteiger partial charge on any atom is 0.0660 e. The molecule has 2 aliphatic heterocycles. The highest BCUT2D eigenvalue weighted by Gasteiger charge is 2.41. The molecule has 0 unspecified atom stereocenters. The molecule has 0 radical (unpaired) electrons. The summed E-state index contributed by atoms with van der Waals surface area (Å²) in [5.41, 5.74) is 11.5. The summed E-state index contributed by atoms with van der Waals surface area (Å²) in [7, 11) is 0. The van der Waals surface area contributed by atoms with Gasteiger partial charge in [0.15, 0.2) is 0 Å². The van der Waals surface area contributed by atoms with E-state index >= 15 is 0 Å². The molecular weight excluding hydrogens is 673 g/mol.